The molecular weight excluding hydrogens is 232 g/mol. The maximum atomic E-state index is 6.18. The molecule has 2 aliphatic rings. The SMILES string of the molecule is Cc1cc(C)cc(C(C)N2C3CCC2CC(N)C3)c1. The Hall–Kier alpha value is -0.860. The lowest BCUT2D eigenvalue weighted by Crippen LogP contribution is -2.48. The van der Waals surface area contributed by atoms with Crippen molar-refractivity contribution in [3.63, 3.8) is 0 Å². The van der Waals surface area contributed by atoms with Crippen LogP contribution in [0.4, 0.5) is 0 Å². The van der Waals surface area contributed by atoms with Gasteiger partial charge in [-0.1, -0.05) is 29.3 Å². The summed E-state index contributed by atoms with van der Waals surface area (Å²) in [6.07, 6.45) is 5.05. The Morgan fingerprint density at radius 1 is 1.05 bits per heavy atom. The van der Waals surface area contributed by atoms with Gasteiger partial charge >= 0.3 is 0 Å². The van der Waals surface area contributed by atoms with Crippen LogP contribution < -0.4 is 5.73 Å². The van der Waals surface area contributed by atoms with E-state index >= 15 is 0 Å². The first-order valence-electron chi connectivity index (χ1n) is 7.66. The predicted molar refractivity (Wildman–Crippen MR) is 80.2 cm³/mol. The number of piperidine rings is 1. The average molecular weight is 258 g/mol. The molecule has 2 bridgehead atoms. The van der Waals surface area contributed by atoms with Crippen molar-refractivity contribution in [2.45, 2.75) is 70.6 Å². The molecule has 2 heterocycles. The predicted octanol–water partition coefficient (Wildman–Crippen LogP) is 3.32. The second kappa shape index (κ2) is 4.92. The Kier molecular flexibility index (Phi) is 3.40. The third-order valence-electron chi connectivity index (χ3n) is 5.00. The van der Waals surface area contributed by atoms with Crippen LogP contribution in [0.25, 0.3) is 0 Å². The molecule has 3 rings (SSSR count). The van der Waals surface area contributed by atoms with Crippen LogP contribution in [-0.4, -0.2) is 23.0 Å². The normalized spacial score (nSPS) is 32.5. The standard InChI is InChI=1S/C17H26N2/c1-11-6-12(2)8-14(7-11)13(3)19-16-4-5-17(19)10-15(18)9-16/h6-8,13,15-17H,4-5,9-10,18H2,1-3H3. The number of nitrogens with two attached hydrogens (primary N) is 1. The van der Waals surface area contributed by atoms with E-state index < -0.39 is 0 Å². The van der Waals surface area contributed by atoms with Gasteiger partial charge in [0, 0.05) is 24.2 Å². The number of aryl methyl sites for hydroxylation is 2. The molecule has 2 N–H and O–H groups in total. The van der Waals surface area contributed by atoms with Crippen LogP contribution >= 0.6 is 0 Å². The van der Waals surface area contributed by atoms with E-state index in [1.54, 1.807) is 0 Å². The Balaban J connectivity index is 1.86. The molecule has 2 saturated heterocycles. The van der Waals surface area contributed by atoms with Crippen molar-refractivity contribution in [2.24, 2.45) is 5.73 Å². The van der Waals surface area contributed by atoms with E-state index in [1.165, 1.54) is 42.4 Å². The minimum Gasteiger partial charge on any atom is -0.328 e. The number of hydrogen-bond acceptors (Lipinski definition) is 2. The van der Waals surface area contributed by atoms with Crippen molar-refractivity contribution in [1.29, 1.82) is 0 Å². The van der Waals surface area contributed by atoms with Crippen LogP contribution in [-0.2, 0) is 0 Å². The molecule has 0 aromatic heterocycles. The fourth-order valence-electron chi connectivity index (χ4n) is 4.31. The molecule has 0 amide bonds. The average Bonchev–Trinajstić information content (AvgIpc) is 2.59. The Morgan fingerprint density at radius 2 is 1.58 bits per heavy atom. The molecule has 19 heavy (non-hydrogen) atoms. The summed E-state index contributed by atoms with van der Waals surface area (Å²) in [7, 11) is 0. The summed E-state index contributed by atoms with van der Waals surface area (Å²) in [5, 5.41) is 0. The van der Waals surface area contributed by atoms with Gasteiger partial charge in [-0.15, -0.1) is 0 Å². The summed E-state index contributed by atoms with van der Waals surface area (Å²) in [5.74, 6) is 0. The van der Waals surface area contributed by atoms with Crippen LogP contribution in [0.15, 0.2) is 18.2 Å². The zero-order chi connectivity index (χ0) is 13.6. The molecule has 1 aromatic carbocycles. The van der Waals surface area contributed by atoms with Crippen molar-refractivity contribution in [3.8, 4) is 0 Å². The molecule has 0 saturated carbocycles. The van der Waals surface area contributed by atoms with Gasteiger partial charge in [-0.05, 0) is 52.0 Å². The van der Waals surface area contributed by atoms with E-state index in [0.717, 1.165) is 0 Å². The minimum atomic E-state index is 0.431. The van der Waals surface area contributed by atoms with Gasteiger partial charge in [0.05, 0.1) is 0 Å². The number of fused-ring (bicyclic) bond motifs is 2. The summed E-state index contributed by atoms with van der Waals surface area (Å²) in [6.45, 7) is 6.77. The first-order valence-corrected chi connectivity index (χ1v) is 7.66. The Labute approximate surface area is 117 Å². The van der Waals surface area contributed by atoms with Crippen LogP contribution in [0, 0.1) is 13.8 Å². The van der Waals surface area contributed by atoms with Crippen molar-refractivity contribution < 1.29 is 0 Å². The van der Waals surface area contributed by atoms with Gasteiger partial charge in [0.2, 0.25) is 0 Å². The van der Waals surface area contributed by atoms with Crippen LogP contribution in [0.3, 0.4) is 0 Å². The molecule has 0 spiro atoms. The molecule has 2 fully saturated rings. The van der Waals surface area contributed by atoms with Gasteiger partial charge in [-0.2, -0.15) is 0 Å². The van der Waals surface area contributed by atoms with Gasteiger partial charge in [0.1, 0.15) is 0 Å². The molecule has 0 radical (unpaired) electrons. The topological polar surface area (TPSA) is 29.3 Å². The summed E-state index contributed by atoms with van der Waals surface area (Å²) in [4.78, 5) is 2.75. The zero-order valence-electron chi connectivity index (χ0n) is 12.4. The van der Waals surface area contributed by atoms with E-state index in [4.69, 9.17) is 5.73 Å². The van der Waals surface area contributed by atoms with Gasteiger partial charge in [-0.25, -0.2) is 0 Å². The van der Waals surface area contributed by atoms with Gasteiger partial charge in [0.15, 0.2) is 0 Å². The number of rotatable bonds is 2. The van der Waals surface area contributed by atoms with E-state index in [1.807, 2.05) is 0 Å². The molecule has 3 atom stereocenters. The molecule has 3 unspecified atom stereocenters. The first kappa shape index (κ1) is 13.1. The van der Waals surface area contributed by atoms with Crippen molar-refractivity contribution in [1.82, 2.24) is 4.90 Å². The van der Waals surface area contributed by atoms with Gasteiger partial charge in [-0.3, -0.25) is 4.90 Å². The second-order valence-electron chi connectivity index (χ2n) is 6.66. The quantitative estimate of drug-likeness (QED) is 0.881. The monoisotopic (exact) mass is 258 g/mol. The summed E-state index contributed by atoms with van der Waals surface area (Å²) < 4.78 is 0. The highest BCUT2D eigenvalue weighted by Crippen LogP contribution is 2.41. The van der Waals surface area contributed by atoms with Crippen molar-refractivity contribution in [2.75, 3.05) is 0 Å². The lowest BCUT2D eigenvalue weighted by molar-refractivity contribution is 0.0853. The van der Waals surface area contributed by atoms with Crippen LogP contribution in [0.2, 0.25) is 0 Å². The van der Waals surface area contributed by atoms with E-state index in [-0.39, 0.29) is 0 Å². The molecule has 1 aromatic rings. The summed E-state index contributed by atoms with van der Waals surface area (Å²) in [6, 6.07) is 9.35. The second-order valence-corrected chi connectivity index (χ2v) is 6.66. The minimum absolute atomic E-state index is 0.431. The molecule has 0 aliphatic carbocycles. The molecule has 2 aliphatic heterocycles. The molecule has 2 heteroatoms. The Morgan fingerprint density at radius 3 is 2.11 bits per heavy atom. The highest BCUT2D eigenvalue weighted by atomic mass is 15.2. The lowest BCUT2D eigenvalue weighted by Gasteiger charge is -2.42. The smallest absolute Gasteiger partial charge is 0.0325 e. The fourth-order valence-corrected chi connectivity index (χ4v) is 4.31. The van der Waals surface area contributed by atoms with Crippen LogP contribution in [0.1, 0.15) is 55.3 Å². The summed E-state index contributed by atoms with van der Waals surface area (Å²) >= 11 is 0. The third-order valence-corrected chi connectivity index (χ3v) is 5.00. The largest absolute Gasteiger partial charge is 0.328 e. The number of nitrogens with zero attached hydrogens (tertiary/aromatic N) is 1. The van der Waals surface area contributed by atoms with E-state index in [9.17, 15) is 0 Å². The van der Waals surface area contributed by atoms with Crippen molar-refractivity contribution >= 4 is 0 Å². The van der Waals surface area contributed by atoms with Crippen molar-refractivity contribution in [3.05, 3.63) is 34.9 Å². The number of hydrogen-bond donors (Lipinski definition) is 1. The first-order chi connectivity index (χ1) is 9.04. The van der Waals surface area contributed by atoms with Gasteiger partial charge in [0.25, 0.3) is 0 Å². The zero-order valence-corrected chi connectivity index (χ0v) is 12.4. The maximum absolute atomic E-state index is 6.18. The summed E-state index contributed by atoms with van der Waals surface area (Å²) in [5.41, 5.74) is 10.4. The highest BCUT2D eigenvalue weighted by Gasteiger charge is 2.41. The van der Waals surface area contributed by atoms with Gasteiger partial charge < -0.3 is 5.73 Å². The Bertz CT molecular complexity index is 434. The highest BCUT2D eigenvalue weighted by molar-refractivity contribution is 5.31. The number of benzene rings is 1. The fraction of sp³-hybridized carbons (Fsp3) is 0.647. The molecule has 104 valence electrons. The molecule has 2 nitrogen and oxygen atoms in total. The van der Waals surface area contributed by atoms with E-state index in [0.29, 0.717) is 24.2 Å². The van der Waals surface area contributed by atoms with Crippen LogP contribution in [0.5, 0.6) is 0 Å². The third kappa shape index (κ3) is 2.44. The maximum Gasteiger partial charge on any atom is 0.0325 e. The molecular formula is C17H26N2. The van der Waals surface area contributed by atoms with E-state index in [2.05, 4.69) is 43.9 Å². The lowest BCUT2D eigenvalue weighted by atomic mass is 9.93.